The van der Waals surface area contributed by atoms with Crippen LogP contribution in [0, 0.1) is 0 Å². The second-order valence-electron chi connectivity index (χ2n) is 8.68. The monoisotopic (exact) mass is 426 g/mol. The normalized spacial score (nSPS) is 18.9. The maximum atomic E-state index is 5.11. The van der Waals surface area contributed by atoms with Crippen molar-refractivity contribution in [2.24, 2.45) is 0 Å². The number of hydrogen-bond acceptors (Lipinski definition) is 5. The van der Waals surface area contributed by atoms with Crippen LogP contribution in [0.2, 0.25) is 0 Å². The van der Waals surface area contributed by atoms with E-state index in [0.717, 1.165) is 35.6 Å². The van der Waals surface area contributed by atoms with Gasteiger partial charge in [-0.2, -0.15) is 0 Å². The fourth-order valence-corrected chi connectivity index (χ4v) is 6.03. The SMILES string of the molecule is CN1CCCCC1CCN1c2nc3ccccc3cc2Sc2cc3ccccc3nc21. The summed E-state index contributed by atoms with van der Waals surface area (Å²) in [5.74, 6) is 2.11. The zero-order valence-corrected chi connectivity index (χ0v) is 18.6. The van der Waals surface area contributed by atoms with E-state index in [1.54, 1.807) is 11.8 Å². The van der Waals surface area contributed by atoms with Crippen LogP contribution in [0.3, 0.4) is 0 Å². The largest absolute Gasteiger partial charge is 0.309 e. The van der Waals surface area contributed by atoms with E-state index in [2.05, 4.69) is 77.5 Å². The highest BCUT2D eigenvalue weighted by atomic mass is 32.2. The van der Waals surface area contributed by atoms with Gasteiger partial charge in [0.05, 0.1) is 20.8 Å². The standard InChI is InChI=1S/C26H26N4S/c1-29-14-7-6-10-20(29)13-15-30-25-23(16-18-8-2-4-11-21(18)27-25)31-24-17-19-9-3-5-12-22(19)28-26(24)30/h2-5,8-9,11-12,16-17,20H,6-7,10,13-15H2,1H3. The smallest absolute Gasteiger partial charge is 0.149 e. The highest BCUT2D eigenvalue weighted by Gasteiger charge is 2.29. The Morgan fingerprint density at radius 3 is 2.10 bits per heavy atom. The third kappa shape index (κ3) is 3.46. The lowest BCUT2D eigenvalue weighted by Crippen LogP contribution is -2.39. The lowest BCUT2D eigenvalue weighted by atomic mass is 10.00. The molecule has 0 amide bonds. The number of likely N-dealkylation sites (tertiary alicyclic amines) is 1. The van der Waals surface area contributed by atoms with Gasteiger partial charge in [0, 0.05) is 23.4 Å². The molecule has 0 N–H and O–H groups in total. The van der Waals surface area contributed by atoms with Crippen LogP contribution in [0.15, 0.2) is 70.5 Å². The van der Waals surface area contributed by atoms with Crippen molar-refractivity contribution in [3.63, 3.8) is 0 Å². The van der Waals surface area contributed by atoms with Crippen LogP contribution in [0.1, 0.15) is 25.7 Å². The molecule has 2 aliphatic rings. The highest BCUT2D eigenvalue weighted by Crippen LogP contribution is 2.48. The summed E-state index contributed by atoms with van der Waals surface area (Å²) >= 11 is 1.80. The Morgan fingerprint density at radius 1 is 0.871 bits per heavy atom. The zero-order chi connectivity index (χ0) is 20.8. The second kappa shape index (κ2) is 7.81. The van der Waals surface area contributed by atoms with Gasteiger partial charge in [0.2, 0.25) is 0 Å². The van der Waals surface area contributed by atoms with Gasteiger partial charge in [-0.05, 0) is 57.1 Å². The molecule has 1 saturated heterocycles. The lowest BCUT2D eigenvalue weighted by Gasteiger charge is -2.36. The van der Waals surface area contributed by atoms with Gasteiger partial charge in [0.25, 0.3) is 0 Å². The zero-order valence-electron chi connectivity index (χ0n) is 17.8. The van der Waals surface area contributed by atoms with Crippen LogP contribution in [-0.2, 0) is 0 Å². The quantitative estimate of drug-likeness (QED) is 0.386. The first-order valence-electron chi connectivity index (χ1n) is 11.2. The number of fused-ring (bicyclic) bond motifs is 4. The van der Waals surface area contributed by atoms with Gasteiger partial charge >= 0.3 is 0 Å². The summed E-state index contributed by atoms with van der Waals surface area (Å²) in [6, 6.07) is 22.0. The fraction of sp³-hybridized carbons (Fsp3) is 0.308. The van der Waals surface area contributed by atoms with E-state index < -0.39 is 0 Å². The van der Waals surface area contributed by atoms with Crippen molar-refractivity contribution in [1.29, 1.82) is 0 Å². The number of benzene rings is 2. The molecule has 0 aliphatic carbocycles. The molecule has 31 heavy (non-hydrogen) atoms. The second-order valence-corrected chi connectivity index (χ2v) is 9.76. The van der Waals surface area contributed by atoms with Gasteiger partial charge in [-0.15, -0.1) is 0 Å². The third-order valence-electron chi connectivity index (χ3n) is 6.68. The molecule has 156 valence electrons. The van der Waals surface area contributed by atoms with Crippen LogP contribution < -0.4 is 4.90 Å². The van der Waals surface area contributed by atoms with Crippen molar-refractivity contribution < 1.29 is 0 Å². The molecule has 5 heteroatoms. The number of nitrogens with zero attached hydrogens (tertiary/aromatic N) is 4. The number of para-hydroxylation sites is 2. The summed E-state index contributed by atoms with van der Waals surface area (Å²) in [5, 5.41) is 2.39. The molecule has 2 aliphatic heterocycles. The molecule has 4 nitrogen and oxygen atoms in total. The molecular formula is C26H26N4S. The molecule has 2 aromatic carbocycles. The van der Waals surface area contributed by atoms with Crippen LogP contribution in [-0.4, -0.2) is 41.0 Å². The van der Waals surface area contributed by atoms with Crippen molar-refractivity contribution in [1.82, 2.24) is 14.9 Å². The minimum atomic E-state index is 0.635. The van der Waals surface area contributed by atoms with E-state index in [4.69, 9.17) is 9.97 Å². The number of aromatic nitrogens is 2. The number of anilines is 2. The summed E-state index contributed by atoms with van der Waals surface area (Å²) < 4.78 is 0. The van der Waals surface area contributed by atoms with E-state index in [0.29, 0.717) is 6.04 Å². The first-order valence-corrected chi connectivity index (χ1v) is 12.0. The van der Waals surface area contributed by atoms with E-state index in [1.165, 1.54) is 46.4 Å². The van der Waals surface area contributed by atoms with Crippen molar-refractivity contribution >= 4 is 45.2 Å². The molecule has 0 spiro atoms. The molecule has 4 heterocycles. The van der Waals surface area contributed by atoms with Crippen LogP contribution in [0.4, 0.5) is 11.6 Å². The highest BCUT2D eigenvalue weighted by molar-refractivity contribution is 7.99. The predicted molar refractivity (Wildman–Crippen MR) is 130 cm³/mol. The molecular weight excluding hydrogens is 400 g/mol. The van der Waals surface area contributed by atoms with Crippen molar-refractivity contribution in [3.8, 4) is 0 Å². The molecule has 1 atom stereocenters. The Morgan fingerprint density at radius 2 is 1.48 bits per heavy atom. The Bertz CT molecular complexity index is 1190. The fourth-order valence-electron chi connectivity index (χ4n) is 4.93. The van der Waals surface area contributed by atoms with Gasteiger partial charge in [0.1, 0.15) is 11.6 Å². The third-order valence-corrected chi connectivity index (χ3v) is 7.72. The summed E-state index contributed by atoms with van der Waals surface area (Å²) in [7, 11) is 2.27. The molecule has 4 aromatic rings. The van der Waals surface area contributed by atoms with Crippen LogP contribution in [0.25, 0.3) is 21.8 Å². The lowest BCUT2D eigenvalue weighted by molar-refractivity contribution is 0.178. The molecule has 6 rings (SSSR count). The Kier molecular flexibility index (Phi) is 4.81. The molecule has 0 saturated carbocycles. The summed E-state index contributed by atoms with van der Waals surface area (Å²) in [4.78, 5) is 17.6. The maximum absolute atomic E-state index is 5.11. The first-order chi connectivity index (χ1) is 15.3. The van der Waals surface area contributed by atoms with Crippen LogP contribution >= 0.6 is 11.8 Å². The minimum Gasteiger partial charge on any atom is -0.309 e. The summed E-state index contributed by atoms with van der Waals surface area (Å²) in [6.07, 6.45) is 5.07. The predicted octanol–water partition coefficient (Wildman–Crippen LogP) is 6.26. The number of hydrogen-bond donors (Lipinski definition) is 0. The van der Waals surface area contributed by atoms with E-state index >= 15 is 0 Å². The van der Waals surface area contributed by atoms with Crippen molar-refractivity contribution in [2.45, 2.75) is 41.5 Å². The Balaban J connectivity index is 1.45. The van der Waals surface area contributed by atoms with E-state index in [1.807, 2.05) is 0 Å². The Hall–Kier alpha value is -2.63. The maximum Gasteiger partial charge on any atom is 0.149 e. The van der Waals surface area contributed by atoms with E-state index in [-0.39, 0.29) is 0 Å². The first kappa shape index (κ1) is 19.1. The minimum absolute atomic E-state index is 0.635. The molecule has 1 unspecified atom stereocenters. The number of piperidine rings is 1. The molecule has 0 radical (unpaired) electrons. The number of pyridine rings is 2. The van der Waals surface area contributed by atoms with Gasteiger partial charge in [-0.3, -0.25) is 0 Å². The van der Waals surface area contributed by atoms with Gasteiger partial charge in [-0.1, -0.05) is 54.6 Å². The summed E-state index contributed by atoms with van der Waals surface area (Å²) in [5.41, 5.74) is 2.09. The number of rotatable bonds is 3. The van der Waals surface area contributed by atoms with Gasteiger partial charge < -0.3 is 9.80 Å². The topological polar surface area (TPSA) is 32.3 Å². The van der Waals surface area contributed by atoms with Gasteiger partial charge in [0.15, 0.2) is 0 Å². The van der Waals surface area contributed by atoms with Crippen molar-refractivity contribution in [2.75, 3.05) is 25.0 Å². The Labute approximate surface area is 187 Å². The van der Waals surface area contributed by atoms with Crippen LogP contribution in [0.5, 0.6) is 0 Å². The van der Waals surface area contributed by atoms with E-state index in [9.17, 15) is 0 Å². The molecule has 0 bridgehead atoms. The van der Waals surface area contributed by atoms with Gasteiger partial charge in [-0.25, -0.2) is 9.97 Å². The average molecular weight is 427 g/mol. The molecule has 1 fully saturated rings. The van der Waals surface area contributed by atoms with Crippen molar-refractivity contribution in [3.05, 3.63) is 60.7 Å². The summed E-state index contributed by atoms with van der Waals surface area (Å²) in [6.45, 7) is 2.14. The molecule has 2 aromatic heterocycles. The average Bonchev–Trinajstić information content (AvgIpc) is 2.80.